The molecule has 1 amide bonds. The van der Waals surface area contributed by atoms with Crippen LogP contribution in [0.3, 0.4) is 0 Å². The molecule has 2 heterocycles. The predicted octanol–water partition coefficient (Wildman–Crippen LogP) is 6.47. The molecule has 5 nitrogen and oxygen atoms in total. The highest BCUT2D eigenvalue weighted by molar-refractivity contribution is 9.10. The molecule has 3 aromatic rings. The van der Waals surface area contributed by atoms with Crippen LogP contribution in [0.1, 0.15) is 16.1 Å². The summed E-state index contributed by atoms with van der Waals surface area (Å²) in [5, 5.41) is 9.55. The highest BCUT2D eigenvalue weighted by atomic mass is 79.9. The zero-order chi connectivity index (χ0) is 21.4. The zero-order valence-electron chi connectivity index (χ0n) is 15.0. The van der Waals surface area contributed by atoms with Crippen molar-refractivity contribution in [3.05, 3.63) is 80.3 Å². The Morgan fingerprint density at radius 2 is 1.90 bits per heavy atom. The monoisotopic (exact) mass is 519 g/mol. The third-order valence-electron chi connectivity index (χ3n) is 4.26. The summed E-state index contributed by atoms with van der Waals surface area (Å²) < 4.78 is 7.13. The first-order valence-electron chi connectivity index (χ1n) is 8.50. The van der Waals surface area contributed by atoms with Crippen LogP contribution in [-0.2, 0) is 4.79 Å². The molecule has 150 valence electrons. The molecule has 30 heavy (non-hydrogen) atoms. The van der Waals surface area contributed by atoms with Crippen molar-refractivity contribution in [2.45, 2.75) is 0 Å². The number of carboxylic acids is 1. The first-order chi connectivity index (χ1) is 14.3. The summed E-state index contributed by atoms with van der Waals surface area (Å²) in [6, 6.07) is 15.0. The van der Waals surface area contributed by atoms with Crippen LogP contribution >= 0.6 is 51.5 Å². The molecular weight excluding hydrogens is 510 g/mol. The van der Waals surface area contributed by atoms with E-state index in [0.29, 0.717) is 37.0 Å². The SMILES string of the molecule is O=C(O)c1ccc(Cl)c(-c2ccc(/C=C3\SC(=S)N(c4ccc(Br)cc4)C3=O)o2)c1. The number of thioether (sulfide) groups is 1. The molecule has 0 bridgehead atoms. The van der Waals surface area contributed by atoms with Gasteiger partial charge in [0.1, 0.15) is 11.5 Å². The molecule has 0 atom stereocenters. The fraction of sp³-hybridized carbons (Fsp3) is 0. The summed E-state index contributed by atoms with van der Waals surface area (Å²) in [5.41, 5.74) is 1.24. The smallest absolute Gasteiger partial charge is 0.335 e. The molecule has 0 radical (unpaired) electrons. The van der Waals surface area contributed by atoms with Crippen LogP contribution in [0.25, 0.3) is 17.4 Å². The van der Waals surface area contributed by atoms with Crippen LogP contribution in [0.2, 0.25) is 5.02 Å². The summed E-state index contributed by atoms with van der Waals surface area (Å²) in [6.45, 7) is 0. The van der Waals surface area contributed by atoms with Crippen LogP contribution in [-0.4, -0.2) is 21.3 Å². The molecule has 4 rings (SSSR count). The lowest BCUT2D eigenvalue weighted by Crippen LogP contribution is -2.27. The molecule has 0 spiro atoms. The summed E-state index contributed by atoms with van der Waals surface area (Å²) in [6.07, 6.45) is 1.61. The molecule has 1 saturated heterocycles. The minimum absolute atomic E-state index is 0.0997. The van der Waals surface area contributed by atoms with Crippen molar-refractivity contribution < 1.29 is 19.1 Å². The first-order valence-corrected chi connectivity index (χ1v) is 10.9. The lowest BCUT2D eigenvalue weighted by atomic mass is 10.1. The van der Waals surface area contributed by atoms with E-state index in [-0.39, 0.29) is 11.5 Å². The second-order valence-electron chi connectivity index (χ2n) is 6.20. The molecular formula is C21H11BrClNO4S2. The van der Waals surface area contributed by atoms with Gasteiger partial charge in [-0.05, 0) is 54.6 Å². The number of nitrogens with zero attached hydrogens (tertiary/aromatic N) is 1. The fourth-order valence-electron chi connectivity index (χ4n) is 2.83. The maximum atomic E-state index is 12.9. The number of carboxylic acid groups (broad SMARTS) is 1. The van der Waals surface area contributed by atoms with Crippen molar-refractivity contribution in [3.63, 3.8) is 0 Å². The van der Waals surface area contributed by atoms with E-state index in [1.807, 2.05) is 12.1 Å². The van der Waals surface area contributed by atoms with E-state index in [4.69, 9.17) is 28.2 Å². The van der Waals surface area contributed by atoms with E-state index < -0.39 is 5.97 Å². The molecule has 1 aliphatic heterocycles. The summed E-state index contributed by atoms with van der Waals surface area (Å²) in [7, 11) is 0. The van der Waals surface area contributed by atoms with E-state index in [1.54, 1.807) is 30.3 Å². The van der Waals surface area contributed by atoms with Gasteiger partial charge in [0.2, 0.25) is 0 Å². The number of aromatic carboxylic acids is 1. The number of amides is 1. The average Bonchev–Trinajstić information content (AvgIpc) is 3.27. The van der Waals surface area contributed by atoms with Gasteiger partial charge < -0.3 is 9.52 Å². The van der Waals surface area contributed by atoms with Crippen molar-refractivity contribution in [1.29, 1.82) is 0 Å². The zero-order valence-corrected chi connectivity index (χ0v) is 18.9. The Kier molecular flexibility index (Phi) is 5.84. The number of hydrogen-bond acceptors (Lipinski definition) is 5. The van der Waals surface area contributed by atoms with Crippen LogP contribution in [0, 0.1) is 0 Å². The highest BCUT2D eigenvalue weighted by Gasteiger charge is 2.33. The number of halogens is 2. The van der Waals surface area contributed by atoms with Gasteiger partial charge in [-0.1, -0.05) is 51.5 Å². The molecule has 1 fully saturated rings. The van der Waals surface area contributed by atoms with E-state index in [9.17, 15) is 14.7 Å². The maximum absolute atomic E-state index is 12.9. The van der Waals surface area contributed by atoms with Crippen molar-refractivity contribution in [2.24, 2.45) is 0 Å². The van der Waals surface area contributed by atoms with Crippen LogP contribution in [0.4, 0.5) is 5.69 Å². The lowest BCUT2D eigenvalue weighted by molar-refractivity contribution is -0.113. The van der Waals surface area contributed by atoms with Gasteiger partial charge >= 0.3 is 5.97 Å². The maximum Gasteiger partial charge on any atom is 0.335 e. The van der Waals surface area contributed by atoms with E-state index in [0.717, 1.165) is 4.47 Å². The van der Waals surface area contributed by atoms with Gasteiger partial charge in [0, 0.05) is 16.1 Å². The van der Waals surface area contributed by atoms with E-state index >= 15 is 0 Å². The Morgan fingerprint density at radius 1 is 1.17 bits per heavy atom. The second kappa shape index (κ2) is 8.39. The quantitative estimate of drug-likeness (QED) is 0.314. The summed E-state index contributed by atoms with van der Waals surface area (Å²) in [5.74, 6) is -0.469. The number of carbonyl (C=O) groups is 2. The number of hydrogen-bond donors (Lipinski definition) is 1. The minimum Gasteiger partial charge on any atom is -0.478 e. The van der Waals surface area contributed by atoms with Crippen LogP contribution in [0.5, 0.6) is 0 Å². The van der Waals surface area contributed by atoms with Crippen molar-refractivity contribution in [2.75, 3.05) is 4.90 Å². The summed E-state index contributed by atoms with van der Waals surface area (Å²) in [4.78, 5) is 26.0. The molecule has 0 aliphatic carbocycles. The largest absolute Gasteiger partial charge is 0.478 e. The van der Waals surface area contributed by atoms with Gasteiger partial charge in [0.15, 0.2) is 4.32 Å². The van der Waals surface area contributed by atoms with Gasteiger partial charge in [-0.3, -0.25) is 9.69 Å². The Balaban J connectivity index is 1.63. The Morgan fingerprint density at radius 3 is 2.60 bits per heavy atom. The number of anilines is 1. The van der Waals surface area contributed by atoms with Crippen molar-refractivity contribution in [1.82, 2.24) is 0 Å². The Labute approximate surface area is 194 Å². The van der Waals surface area contributed by atoms with Crippen LogP contribution < -0.4 is 4.90 Å². The minimum atomic E-state index is -1.06. The summed E-state index contributed by atoms with van der Waals surface area (Å²) >= 11 is 16.1. The molecule has 0 saturated carbocycles. The molecule has 1 N–H and O–H groups in total. The highest BCUT2D eigenvalue weighted by Crippen LogP contribution is 2.37. The van der Waals surface area contributed by atoms with Crippen molar-refractivity contribution >= 4 is 79.5 Å². The molecule has 1 aliphatic rings. The standard InChI is InChI=1S/C21H11BrClNO4S2/c22-12-2-4-13(5-3-12)24-19(25)18(30-21(24)29)10-14-6-8-17(28-14)15-9-11(20(26)27)1-7-16(15)23/h1-10H,(H,26,27)/b18-10-. The number of rotatable bonds is 4. The topological polar surface area (TPSA) is 70.8 Å². The molecule has 1 aromatic heterocycles. The molecule has 2 aromatic carbocycles. The third-order valence-corrected chi connectivity index (χ3v) is 6.42. The van der Waals surface area contributed by atoms with Gasteiger partial charge in [-0.15, -0.1) is 0 Å². The van der Waals surface area contributed by atoms with Gasteiger partial charge in [-0.25, -0.2) is 4.79 Å². The predicted molar refractivity (Wildman–Crippen MR) is 126 cm³/mol. The number of furan rings is 1. The normalized spacial score (nSPS) is 15.3. The van der Waals surface area contributed by atoms with Crippen LogP contribution in [0.15, 0.2) is 68.4 Å². The average molecular weight is 521 g/mol. The van der Waals surface area contributed by atoms with Crippen molar-refractivity contribution in [3.8, 4) is 11.3 Å². The third kappa shape index (κ3) is 4.09. The Hall–Kier alpha value is -2.39. The molecule has 0 unspecified atom stereocenters. The molecule has 9 heteroatoms. The van der Waals surface area contributed by atoms with E-state index in [1.165, 1.54) is 34.9 Å². The number of carbonyl (C=O) groups excluding carboxylic acids is 1. The number of benzene rings is 2. The van der Waals surface area contributed by atoms with Gasteiger partial charge in [0.25, 0.3) is 5.91 Å². The van der Waals surface area contributed by atoms with E-state index in [2.05, 4.69) is 15.9 Å². The Bertz CT molecular complexity index is 1220. The number of thiocarbonyl (C=S) groups is 1. The van der Waals surface area contributed by atoms with Gasteiger partial charge in [-0.2, -0.15) is 0 Å². The second-order valence-corrected chi connectivity index (χ2v) is 9.19. The van der Waals surface area contributed by atoms with Gasteiger partial charge in [0.05, 0.1) is 21.2 Å². The fourth-order valence-corrected chi connectivity index (χ4v) is 4.59. The first kappa shape index (κ1) is 20.9. The lowest BCUT2D eigenvalue weighted by Gasteiger charge is -2.14.